The van der Waals surface area contributed by atoms with Gasteiger partial charge < -0.3 is 0 Å². The largest absolute Gasteiger partial charge is 0.221 e. The molecule has 0 fully saturated rings. The van der Waals surface area contributed by atoms with E-state index in [4.69, 9.17) is 9.03 Å². The molecule has 0 spiro atoms. The van der Waals surface area contributed by atoms with Crippen molar-refractivity contribution in [3.63, 3.8) is 0 Å². The van der Waals surface area contributed by atoms with Crippen LogP contribution >= 0.6 is 28.8 Å². The Morgan fingerprint density at radius 1 is 0.556 bits per heavy atom. The van der Waals surface area contributed by atoms with E-state index in [1.54, 1.807) is 0 Å². The van der Waals surface area contributed by atoms with E-state index in [2.05, 4.69) is 75.6 Å². The van der Waals surface area contributed by atoms with Crippen LogP contribution in [0.3, 0.4) is 0 Å². The minimum atomic E-state index is -1.40. The van der Waals surface area contributed by atoms with Crippen LogP contribution in [-0.2, 0) is 0 Å². The van der Waals surface area contributed by atoms with Gasteiger partial charge in [-0.15, -0.1) is 0 Å². The Hall–Kier alpha value is 0.920. The number of hydrogen-bond acceptors (Lipinski definition) is 2. The summed E-state index contributed by atoms with van der Waals surface area (Å²) in [6, 6.07) is 0. The molecule has 18 heavy (non-hydrogen) atoms. The van der Waals surface area contributed by atoms with E-state index < -0.39 is 28.8 Å². The summed E-state index contributed by atoms with van der Waals surface area (Å²) < 4.78 is 15.7. The Labute approximate surface area is 114 Å². The molecule has 8 heteroatoms. The summed E-state index contributed by atoms with van der Waals surface area (Å²) in [5.41, 5.74) is 0. The fourth-order valence-corrected chi connectivity index (χ4v) is 22.7. The van der Waals surface area contributed by atoms with Gasteiger partial charge >= 0.3 is 0 Å². The molecule has 0 aliphatic carbocycles. The minimum Gasteiger partial charge on any atom is -0.221 e. The molecule has 0 saturated carbocycles. The van der Waals surface area contributed by atoms with Gasteiger partial charge in [0.2, 0.25) is 28.8 Å². The van der Waals surface area contributed by atoms with Gasteiger partial charge in [0.1, 0.15) is 14.1 Å². The molecule has 0 saturated heterocycles. The fourth-order valence-electron chi connectivity index (χ4n) is 2.37. The molecule has 1 aliphatic rings. The summed E-state index contributed by atoms with van der Waals surface area (Å²) >= 11 is 0. The highest BCUT2D eigenvalue weighted by molar-refractivity contribution is 7.80. The van der Waals surface area contributed by atoms with Gasteiger partial charge in [-0.25, -0.2) is 8.20 Å². The van der Waals surface area contributed by atoms with Crippen molar-refractivity contribution in [2.45, 2.75) is 0 Å². The predicted octanol–water partition coefficient (Wildman–Crippen LogP) is 4.79. The second kappa shape index (κ2) is 4.73. The average Bonchev–Trinajstić information content (AvgIpc) is 2.10. The van der Waals surface area contributed by atoms with Crippen molar-refractivity contribution in [2.24, 2.45) is 9.03 Å². The summed E-state index contributed by atoms with van der Waals surface area (Å²) in [4.78, 5) is 0. The monoisotopic (exact) mass is 330 g/mol. The number of rotatable bonds is 0. The second-order valence-electron chi connectivity index (χ2n) is 6.50. The highest BCUT2D eigenvalue weighted by atomic mass is 31.3. The zero-order valence-electron chi connectivity index (χ0n) is 13.6. The normalized spacial score (nSPS) is 28.8. The van der Waals surface area contributed by atoms with Gasteiger partial charge in [0, 0.05) is 53.3 Å². The first-order chi connectivity index (χ1) is 7.72. The Balaban J connectivity index is 3.98. The van der Waals surface area contributed by atoms with Crippen LogP contribution in [0.25, 0.3) is 0 Å². The van der Waals surface area contributed by atoms with E-state index >= 15 is 0 Å². The van der Waals surface area contributed by atoms with Gasteiger partial charge in [-0.1, -0.05) is 0 Å². The maximum atomic E-state index is 5.32. The summed E-state index contributed by atoms with van der Waals surface area (Å²) in [5, 5.41) is 0. The summed E-state index contributed by atoms with van der Waals surface area (Å²) in [5.74, 6) is 0. The average molecular weight is 330 g/mol. The highest BCUT2D eigenvalue weighted by Gasteiger charge is 2.35. The van der Waals surface area contributed by atoms with Gasteiger partial charge in [0.15, 0.2) is 0 Å². The lowest BCUT2D eigenvalue weighted by molar-refractivity contribution is -0.311. The lowest BCUT2D eigenvalue weighted by Gasteiger charge is -2.26. The van der Waals surface area contributed by atoms with E-state index in [1.807, 2.05) is 0 Å². The third-order valence-electron chi connectivity index (χ3n) is 3.71. The first-order valence-corrected chi connectivity index (χ1v) is 16.4. The van der Waals surface area contributed by atoms with Crippen molar-refractivity contribution in [1.29, 1.82) is 0 Å². The molecule has 108 valence electrons. The number of nitrogens with zero attached hydrogens (tertiary/aromatic N) is 4. The predicted molar refractivity (Wildman–Crippen MR) is 92.3 cm³/mol. The molecule has 1 heterocycles. The van der Waals surface area contributed by atoms with E-state index in [9.17, 15) is 0 Å². The number of hydrogen-bond donors (Lipinski definition) is 0. The fraction of sp³-hybridized carbons (Fsp3) is 1.00. The van der Waals surface area contributed by atoms with Crippen LogP contribution in [0.5, 0.6) is 0 Å². The molecule has 0 N–H and O–H groups in total. The molecule has 0 aromatic rings. The second-order valence-corrected chi connectivity index (χ2v) is 21.7. The maximum Gasteiger partial charge on any atom is 0.206 e. The van der Waals surface area contributed by atoms with Crippen molar-refractivity contribution in [1.82, 2.24) is 0 Å². The Morgan fingerprint density at radius 3 is 1.00 bits per heavy atom. The van der Waals surface area contributed by atoms with E-state index in [-0.39, 0.29) is 0 Å². The van der Waals surface area contributed by atoms with Gasteiger partial charge in [-0.2, -0.15) is 9.03 Å². The Morgan fingerprint density at radius 2 is 0.778 bits per heavy atom. The Bertz CT molecular complexity index is 533. The van der Waals surface area contributed by atoms with Gasteiger partial charge in [0.25, 0.3) is 0 Å². The Kier molecular flexibility index (Phi) is 4.46. The van der Waals surface area contributed by atoms with E-state index in [0.717, 1.165) is 0 Å². The van der Waals surface area contributed by atoms with Gasteiger partial charge in [0.05, 0.1) is 0 Å². The van der Waals surface area contributed by atoms with Crippen molar-refractivity contribution in [3.05, 3.63) is 0 Å². The molecule has 0 amide bonds. The van der Waals surface area contributed by atoms with Gasteiger partial charge in [-0.3, -0.25) is 0 Å². The van der Waals surface area contributed by atoms with Crippen LogP contribution < -0.4 is 0 Å². The topological polar surface area (TPSA) is 30.7 Å². The molecule has 0 atom stereocenters. The molecule has 0 unspecified atom stereocenters. The molecular weight excluding hydrogens is 300 g/mol. The van der Waals surface area contributed by atoms with Crippen LogP contribution in [0.4, 0.5) is 0 Å². The first-order valence-electron chi connectivity index (χ1n) is 6.07. The quantitative estimate of drug-likeness (QED) is 0.572. The van der Waals surface area contributed by atoms with Crippen molar-refractivity contribution >= 4 is 28.8 Å². The molecule has 1 rings (SSSR count). The third kappa shape index (κ3) is 3.15. The molecule has 0 aromatic carbocycles. The van der Waals surface area contributed by atoms with Crippen molar-refractivity contribution < 1.29 is 8.20 Å². The highest BCUT2D eigenvalue weighted by Crippen LogP contribution is 2.69. The molecular formula is C10H30N4P4+2. The minimum absolute atomic E-state index is 1.40. The smallest absolute Gasteiger partial charge is 0.206 e. The molecule has 0 bridgehead atoms. The van der Waals surface area contributed by atoms with Crippen LogP contribution in [0.2, 0.25) is 0 Å². The van der Waals surface area contributed by atoms with Crippen molar-refractivity contribution in [2.75, 3.05) is 67.4 Å². The first kappa shape index (κ1) is 17.0. The van der Waals surface area contributed by atoms with Crippen LogP contribution in [-0.4, -0.2) is 75.6 Å². The summed E-state index contributed by atoms with van der Waals surface area (Å²) in [6.07, 6.45) is 0. The van der Waals surface area contributed by atoms with E-state index in [1.165, 1.54) is 0 Å². The molecule has 1 aliphatic heterocycles. The maximum absolute atomic E-state index is 5.32. The molecule has 0 aromatic heterocycles. The summed E-state index contributed by atoms with van der Waals surface area (Å²) in [6.45, 7) is 18.6. The summed E-state index contributed by atoms with van der Waals surface area (Å²) in [7, 11) is -1.11. The van der Waals surface area contributed by atoms with Gasteiger partial charge in [-0.05, 0) is 0 Å². The lowest BCUT2D eigenvalue weighted by Crippen LogP contribution is -2.07. The van der Waals surface area contributed by atoms with E-state index in [0.29, 0.717) is 0 Å². The molecule has 4 nitrogen and oxygen atoms in total. The zero-order valence-corrected chi connectivity index (χ0v) is 17.2. The van der Waals surface area contributed by atoms with Crippen LogP contribution in [0.1, 0.15) is 0 Å². The molecule has 0 radical (unpaired) electrons. The standard InChI is InChI=1S/C10H30N4P4/c1-13-15(3,4)11-17(7,8)14(2)18(9,10)12-16(13,5)6/h1-10H3/q+2. The van der Waals surface area contributed by atoms with Crippen LogP contribution in [0.15, 0.2) is 9.03 Å². The zero-order chi connectivity index (χ0) is 14.6. The third-order valence-corrected chi connectivity index (χ3v) is 21.6. The van der Waals surface area contributed by atoms with Crippen molar-refractivity contribution in [3.8, 4) is 0 Å². The SMILES string of the molecule is C[N+]1=P(C)(C)N=P(C)(C)[N+](C)=P(C)(C)N=P1(C)C. The lowest BCUT2D eigenvalue weighted by atomic mass is 11.6. The van der Waals surface area contributed by atoms with Crippen LogP contribution in [0, 0.1) is 0 Å².